The van der Waals surface area contributed by atoms with Crippen molar-refractivity contribution in [1.29, 1.82) is 0 Å². The summed E-state index contributed by atoms with van der Waals surface area (Å²) in [5.74, 6) is -5.36. The molecule has 3 heterocycles. The molecule has 0 radical (unpaired) electrons. The molecule has 4 rings (SSSR count). The molecule has 1 saturated carbocycles. The second kappa shape index (κ2) is 6.22. The minimum absolute atomic E-state index is 0.0773. The predicted octanol–water partition coefficient (Wildman–Crippen LogP) is 2.71. The number of hydrogen-bond acceptors (Lipinski definition) is 4. The zero-order valence-electron chi connectivity index (χ0n) is 15.1. The number of halogens is 3. The normalized spacial score (nSPS) is 20.6. The molecule has 2 aromatic heterocycles. The third-order valence-corrected chi connectivity index (χ3v) is 5.11. The van der Waals surface area contributed by atoms with Gasteiger partial charge in [0.25, 0.3) is 11.5 Å². The van der Waals surface area contributed by atoms with E-state index in [0.29, 0.717) is 27.6 Å². The SMILES string of the molecule is CC1=C(F)CNC=C1c1cc2cnc(NC(=O)C3CC3(F)F)cc2n(C)c1=O. The van der Waals surface area contributed by atoms with Crippen LogP contribution in [0, 0.1) is 5.92 Å². The smallest absolute Gasteiger partial charge is 0.260 e. The number of hydrogen-bond donors (Lipinski definition) is 2. The van der Waals surface area contributed by atoms with Gasteiger partial charge in [-0.2, -0.15) is 0 Å². The van der Waals surface area contributed by atoms with Gasteiger partial charge >= 0.3 is 0 Å². The number of rotatable bonds is 3. The van der Waals surface area contributed by atoms with Crippen molar-refractivity contribution in [3.8, 4) is 0 Å². The largest absolute Gasteiger partial charge is 0.384 e. The molecular formula is C19H17F3N4O2. The number of carbonyl (C=O) groups is 1. The van der Waals surface area contributed by atoms with E-state index in [1.165, 1.54) is 16.8 Å². The summed E-state index contributed by atoms with van der Waals surface area (Å²) in [4.78, 5) is 28.7. The van der Waals surface area contributed by atoms with Crippen LogP contribution in [0.2, 0.25) is 0 Å². The number of fused-ring (bicyclic) bond motifs is 1. The minimum Gasteiger partial charge on any atom is -0.384 e. The topological polar surface area (TPSA) is 76.0 Å². The number of nitrogens with one attached hydrogen (secondary N) is 2. The third-order valence-electron chi connectivity index (χ3n) is 5.11. The number of alkyl halides is 2. The predicted molar refractivity (Wildman–Crippen MR) is 98.5 cm³/mol. The lowest BCUT2D eigenvalue weighted by Crippen LogP contribution is -2.24. The maximum Gasteiger partial charge on any atom is 0.260 e. The van der Waals surface area contributed by atoms with Crippen molar-refractivity contribution < 1.29 is 18.0 Å². The Balaban J connectivity index is 1.72. The van der Waals surface area contributed by atoms with Crippen molar-refractivity contribution in [2.24, 2.45) is 13.0 Å². The van der Waals surface area contributed by atoms with Gasteiger partial charge in [-0.1, -0.05) is 0 Å². The maximum absolute atomic E-state index is 13.9. The molecule has 2 aliphatic rings. The summed E-state index contributed by atoms with van der Waals surface area (Å²) in [7, 11) is 1.54. The van der Waals surface area contributed by atoms with Crippen molar-refractivity contribution in [2.45, 2.75) is 19.3 Å². The number of aryl methyl sites for hydroxylation is 1. The number of aromatic nitrogens is 2. The monoisotopic (exact) mass is 390 g/mol. The number of amides is 1. The van der Waals surface area contributed by atoms with E-state index in [9.17, 15) is 22.8 Å². The van der Waals surface area contributed by atoms with Gasteiger partial charge in [0.15, 0.2) is 0 Å². The van der Waals surface area contributed by atoms with E-state index in [-0.39, 0.29) is 23.7 Å². The first kappa shape index (κ1) is 18.3. The molecule has 1 atom stereocenters. The first-order valence-electron chi connectivity index (χ1n) is 8.67. The molecule has 0 spiro atoms. The molecule has 0 bridgehead atoms. The number of carbonyl (C=O) groups excluding carboxylic acids is 1. The Morgan fingerprint density at radius 2 is 2.11 bits per heavy atom. The van der Waals surface area contributed by atoms with Crippen LogP contribution in [0.5, 0.6) is 0 Å². The lowest BCUT2D eigenvalue weighted by atomic mass is 9.97. The summed E-state index contributed by atoms with van der Waals surface area (Å²) in [6, 6.07) is 3.05. The molecule has 1 unspecified atom stereocenters. The second-order valence-corrected chi connectivity index (χ2v) is 7.03. The van der Waals surface area contributed by atoms with Crippen molar-refractivity contribution in [2.75, 3.05) is 11.9 Å². The summed E-state index contributed by atoms with van der Waals surface area (Å²) in [5.41, 5.74) is 1.27. The fraction of sp³-hybridized carbons (Fsp3) is 0.316. The van der Waals surface area contributed by atoms with Crippen LogP contribution in [0.3, 0.4) is 0 Å². The highest BCUT2D eigenvalue weighted by Gasteiger charge is 2.61. The molecule has 1 amide bonds. The van der Waals surface area contributed by atoms with Crippen LogP contribution in [0.25, 0.3) is 16.5 Å². The van der Waals surface area contributed by atoms with Gasteiger partial charge in [-0.3, -0.25) is 9.59 Å². The Morgan fingerprint density at radius 3 is 2.79 bits per heavy atom. The van der Waals surface area contributed by atoms with E-state index in [1.807, 2.05) is 0 Å². The standard InChI is InChI=1S/C19H17F3N4O2/c1-9-12(7-23-8-14(9)20)11-3-10-6-24-16(4-15(10)26(2)18(11)28)25-17(27)13-5-19(13,21)22/h3-4,6-7,13,23H,5,8H2,1-2H3,(H,24,25,27). The highest BCUT2D eigenvalue weighted by molar-refractivity contribution is 5.96. The fourth-order valence-corrected chi connectivity index (χ4v) is 3.25. The van der Waals surface area contributed by atoms with Crippen molar-refractivity contribution in [3.05, 3.63) is 51.8 Å². The summed E-state index contributed by atoms with van der Waals surface area (Å²) in [5, 5.41) is 5.75. The van der Waals surface area contributed by atoms with E-state index in [4.69, 9.17) is 0 Å². The van der Waals surface area contributed by atoms with Crippen LogP contribution in [0.1, 0.15) is 18.9 Å². The molecule has 0 saturated heterocycles. The molecular weight excluding hydrogens is 373 g/mol. The summed E-state index contributed by atoms with van der Waals surface area (Å²) in [6.07, 6.45) is 2.56. The quantitative estimate of drug-likeness (QED) is 0.845. The Bertz CT molecular complexity index is 1130. The molecule has 9 heteroatoms. The zero-order chi connectivity index (χ0) is 20.2. The van der Waals surface area contributed by atoms with Crippen LogP contribution in [-0.4, -0.2) is 27.9 Å². The van der Waals surface area contributed by atoms with Gasteiger partial charge in [0, 0.05) is 48.5 Å². The van der Waals surface area contributed by atoms with E-state index < -0.39 is 24.2 Å². The van der Waals surface area contributed by atoms with E-state index in [0.717, 1.165) is 0 Å². The molecule has 1 aliphatic heterocycles. The Kier molecular flexibility index (Phi) is 4.06. The highest BCUT2D eigenvalue weighted by Crippen LogP contribution is 2.49. The van der Waals surface area contributed by atoms with Gasteiger partial charge in [-0.25, -0.2) is 18.2 Å². The highest BCUT2D eigenvalue weighted by atomic mass is 19.3. The molecule has 2 N–H and O–H groups in total. The van der Waals surface area contributed by atoms with Gasteiger partial charge in [-0.15, -0.1) is 0 Å². The number of allylic oxidation sites excluding steroid dienone is 2. The number of pyridine rings is 2. The molecule has 0 aromatic carbocycles. The van der Waals surface area contributed by atoms with E-state index in [1.54, 1.807) is 26.2 Å². The van der Waals surface area contributed by atoms with Gasteiger partial charge in [0.2, 0.25) is 5.91 Å². The van der Waals surface area contributed by atoms with Crippen LogP contribution >= 0.6 is 0 Å². The summed E-state index contributed by atoms with van der Waals surface area (Å²) < 4.78 is 41.3. The first-order chi connectivity index (χ1) is 13.2. The summed E-state index contributed by atoms with van der Waals surface area (Å²) in [6.45, 7) is 1.68. The molecule has 1 aliphatic carbocycles. The second-order valence-electron chi connectivity index (χ2n) is 7.03. The van der Waals surface area contributed by atoms with Gasteiger partial charge in [0.05, 0.1) is 12.1 Å². The van der Waals surface area contributed by atoms with Crippen LogP contribution in [-0.2, 0) is 11.8 Å². The molecule has 1 fully saturated rings. The Hall–Kier alpha value is -3.10. The van der Waals surface area contributed by atoms with Gasteiger partial charge in [0.1, 0.15) is 17.6 Å². The van der Waals surface area contributed by atoms with Crippen molar-refractivity contribution in [3.63, 3.8) is 0 Å². The number of dihydropyridines is 1. The van der Waals surface area contributed by atoms with Crippen LogP contribution < -0.4 is 16.2 Å². The Labute approximate surface area is 157 Å². The third kappa shape index (κ3) is 2.96. The van der Waals surface area contributed by atoms with Gasteiger partial charge < -0.3 is 15.2 Å². The Morgan fingerprint density at radius 1 is 1.39 bits per heavy atom. The van der Waals surface area contributed by atoms with Crippen molar-refractivity contribution in [1.82, 2.24) is 14.9 Å². The summed E-state index contributed by atoms with van der Waals surface area (Å²) >= 11 is 0. The van der Waals surface area contributed by atoms with E-state index >= 15 is 0 Å². The lowest BCUT2D eigenvalue weighted by molar-refractivity contribution is -0.119. The van der Waals surface area contributed by atoms with E-state index in [2.05, 4.69) is 15.6 Å². The maximum atomic E-state index is 13.9. The number of nitrogens with zero attached hydrogens (tertiary/aromatic N) is 2. The average molecular weight is 390 g/mol. The van der Waals surface area contributed by atoms with Gasteiger partial charge in [-0.05, 0) is 18.6 Å². The minimum atomic E-state index is -2.97. The molecule has 28 heavy (non-hydrogen) atoms. The fourth-order valence-electron chi connectivity index (χ4n) is 3.25. The number of anilines is 1. The first-order valence-corrected chi connectivity index (χ1v) is 8.67. The molecule has 6 nitrogen and oxygen atoms in total. The van der Waals surface area contributed by atoms with Crippen LogP contribution in [0.15, 0.2) is 40.7 Å². The zero-order valence-corrected chi connectivity index (χ0v) is 15.1. The van der Waals surface area contributed by atoms with Crippen molar-refractivity contribution >= 4 is 28.2 Å². The van der Waals surface area contributed by atoms with Crippen LogP contribution in [0.4, 0.5) is 19.0 Å². The lowest BCUT2D eigenvalue weighted by Gasteiger charge is -2.17. The molecule has 2 aromatic rings. The molecule has 146 valence electrons. The average Bonchev–Trinajstić information content (AvgIpc) is 3.30.